The molecule has 1 amide bonds. The van der Waals surface area contributed by atoms with Crippen LogP contribution in [0.5, 0.6) is 0 Å². The Bertz CT molecular complexity index is 435. The summed E-state index contributed by atoms with van der Waals surface area (Å²) in [5.41, 5.74) is 6.07. The fourth-order valence-corrected chi connectivity index (χ4v) is 2.49. The topological polar surface area (TPSA) is 55.6 Å². The molecule has 2 N–H and O–H groups in total. The molecule has 1 atom stereocenters. The molecule has 1 heterocycles. The number of nitrogens with two attached hydrogens (primary N) is 1. The lowest BCUT2D eigenvalue weighted by atomic mass is 10.2. The Morgan fingerprint density at radius 3 is 3.00 bits per heavy atom. The standard InChI is InChI=1S/C12H14BrFN2O2/c13-9-3-8(4-10(14)5-9)6-16-1-2-18-11(7-16)12(15)17/h3-5,11H,1-2,6-7H2,(H2,15,17)/t11-/m0/s1. The maximum Gasteiger partial charge on any atom is 0.247 e. The predicted octanol–water partition coefficient (Wildman–Crippen LogP) is 1.27. The van der Waals surface area contributed by atoms with E-state index < -0.39 is 12.0 Å². The van der Waals surface area contributed by atoms with E-state index in [1.54, 1.807) is 0 Å². The number of amides is 1. The van der Waals surface area contributed by atoms with E-state index in [2.05, 4.69) is 15.9 Å². The van der Waals surface area contributed by atoms with Gasteiger partial charge >= 0.3 is 0 Å². The van der Waals surface area contributed by atoms with Crippen LogP contribution < -0.4 is 5.73 Å². The lowest BCUT2D eigenvalue weighted by molar-refractivity contribution is -0.135. The van der Waals surface area contributed by atoms with Crippen molar-refractivity contribution in [1.82, 2.24) is 4.90 Å². The van der Waals surface area contributed by atoms with Crippen LogP contribution >= 0.6 is 15.9 Å². The van der Waals surface area contributed by atoms with E-state index in [1.165, 1.54) is 12.1 Å². The molecule has 1 aliphatic rings. The number of morpholine rings is 1. The number of halogens is 2. The summed E-state index contributed by atoms with van der Waals surface area (Å²) >= 11 is 3.26. The summed E-state index contributed by atoms with van der Waals surface area (Å²) in [7, 11) is 0. The van der Waals surface area contributed by atoms with Gasteiger partial charge < -0.3 is 10.5 Å². The first-order chi connectivity index (χ1) is 8.54. The summed E-state index contributed by atoms with van der Waals surface area (Å²) in [5, 5.41) is 0. The van der Waals surface area contributed by atoms with Gasteiger partial charge in [-0.3, -0.25) is 9.69 Å². The van der Waals surface area contributed by atoms with Crippen molar-refractivity contribution in [3.63, 3.8) is 0 Å². The van der Waals surface area contributed by atoms with E-state index in [1.807, 2.05) is 11.0 Å². The van der Waals surface area contributed by atoms with Crippen LogP contribution in [0, 0.1) is 5.82 Å². The fraction of sp³-hybridized carbons (Fsp3) is 0.417. The Balaban J connectivity index is 2.02. The van der Waals surface area contributed by atoms with E-state index in [-0.39, 0.29) is 5.82 Å². The molecule has 1 aromatic carbocycles. The molecule has 1 aromatic rings. The van der Waals surface area contributed by atoms with Gasteiger partial charge in [-0.05, 0) is 23.8 Å². The average Bonchev–Trinajstić information content (AvgIpc) is 2.27. The van der Waals surface area contributed by atoms with Crippen molar-refractivity contribution in [3.05, 3.63) is 34.1 Å². The van der Waals surface area contributed by atoms with Crippen LogP contribution in [0.15, 0.2) is 22.7 Å². The second-order valence-corrected chi connectivity index (χ2v) is 5.19. The minimum absolute atomic E-state index is 0.279. The van der Waals surface area contributed by atoms with Gasteiger partial charge in [0.1, 0.15) is 11.9 Å². The minimum atomic E-state index is -0.573. The number of hydrogen-bond donors (Lipinski definition) is 1. The monoisotopic (exact) mass is 316 g/mol. The molecular formula is C12H14BrFN2O2. The van der Waals surface area contributed by atoms with Crippen molar-refractivity contribution in [3.8, 4) is 0 Å². The van der Waals surface area contributed by atoms with Gasteiger partial charge in [-0.15, -0.1) is 0 Å². The predicted molar refractivity (Wildman–Crippen MR) is 68.3 cm³/mol. The van der Waals surface area contributed by atoms with Gasteiger partial charge in [0.15, 0.2) is 0 Å². The molecule has 0 saturated carbocycles. The van der Waals surface area contributed by atoms with E-state index in [0.29, 0.717) is 30.7 Å². The molecule has 0 aliphatic carbocycles. The van der Waals surface area contributed by atoms with Gasteiger partial charge in [-0.2, -0.15) is 0 Å². The molecule has 0 radical (unpaired) electrons. The first kappa shape index (κ1) is 13.5. The van der Waals surface area contributed by atoms with Crippen LogP contribution in [0.25, 0.3) is 0 Å². The van der Waals surface area contributed by atoms with Crippen LogP contribution in [-0.4, -0.2) is 36.6 Å². The van der Waals surface area contributed by atoms with Gasteiger partial charge in [-0.1, -0.05) is 15.9 Å². The molecule has 2 rings (SSSR count). The minimum Gasteiger partial charge on any atom is -0.367 e. The first-order valence-electron chi connectivity index (χ1n) is 5.63. The van der Waals surface area contributed by atoms with Crippen molar-refractivity contribution >= 4 is 21.8 Å². The number of nitrogens with zero attached hydrogens (tertiary/aromatic N) is 1. The van der Waals surface area contributed by atoms with Gasteiger partial charge in [0.2, 0.25) is 5.91 Å². The molecule has 98 valence electrons. The van der Waals surface area contributed by atoms with Crippen LogP contribution in [0.2, 0.25) is 0 Å². The molecule has 0 spiro atoms. The second kappa shape index (κ2) is 5.77. The van der Waals surface area contributed by atoms with E-state index in [4.69, 9.17) is 10.5 Å². The van der Waals surface area contributed by atoms with Gasteiger partial charge in [0.25, 0.3) is 0 Å². The molecular weight excluding hydrogens is 303 g/mol. The number of benzene rings is 1. The molecule has 0 aromatic heterocycles. The third-order valence-electron chi connectivity index (χ3n) is 2.80. The highest BCUT2D eigenvalue weighted by molar-refractivity contribution is 9.10. The SMILES string of the molecule is NC(=O)[C@@H]1CN(Cc2cc(F)cc(Br)c2)CCO1. The Labute approximate surface area is 113 Å². The van der Waals surface area contributed by atoms with Crippen molar-refractivity contribution in [1.29, 1.82) is 0 Å². The molecule has 1 saturated heterocycles. The lowest BCUT2D eigenvalue weighted by Gasteiger charge is -2.31. The lowest BCUT2D eigenvalue weighted by Crippen LogP contribution is -2.47. The van der Waals surface area contributed by atoms with Crippen molar-refractivity contribution < 1.29 is 13.9 Å². The third kappa shape index (κ3) is 3.51. The van der Waals surface area contributed by atoms with Crippen LogP contribution in [0.1, 0.15) is 5.56 Å². The quantitative estimate of drug-likeness (QED) is 0.913. The normalized spacial score (nSPS) is 20.9. The fourth-order valence-electron chi connectivity index (χ4n) is 1.98. The third-order valence-corrected chi connectivity index (χ3v) is 3.25. The molecule has 0 bridgehead atoms. The maximum atomic E-state index is 13.2. The average molecular weight is 317 g/mol. The highest BCUT2D eigenvalue weighted by Crippen LogP contribution is 2.17. The summed E-state index contributed by atoms with van der Waals surface area (Å²) in [4.78, 5) is 13.1. The van der Waals surface area contributed by atoms with Gasteiger partial charge in [0.05, 0.1) is 6.61 Å². The number of carbonyl (C=O) groups is 1. The number of ether oxygens (including phenoxy) is 1. The number of primary amides is 1. The molecule has 1 fully saturated rings. The Morgan fingerprint density at radius 1 is 1.56 bits per heavy atom. The first-order valence-corrected chi connectivity index (χ1v) is 6.42. The highest BCUT2D eigenvalue weighted by atomic mass is 79.9. The van der Waals surface area contributed by atoms with E-state index in [9.17, 15) is 9.18 Å². The van der Waals surface area contributed by atoms with Crippen molar-refractivity contribution in [2.75, 3.05) is 19.7 Å². The summed E-state index contributed by atoms with van der Waals surface area (Å²) in [6.07, 6.45) is -0.573. The van der Waals surface area contributed by atoms with Crippen molar-refractivity contribution in [2.24, 2.45) is 5.73 Å². The Hall–Kier alpha value is -0.980. The summed E-state index contributed by atoms with van der Waals surface area (Å²) in [6, 6.07) is 4.76. The zero-order chi connectivity index (χ0) is 13.1. The zero-order valence-electron chi connectivity index (χ0n) is 9.73. The highest BCUT2D eigenvalue weighted by Gasteiger charge is 2.24. The number of hydrogen-bond acceptors (Lipinski definition) is 3. The summed E-state index contributed by atoms with van der Waals surface area (Å²) < 4.78 is 19.2. The number of rotatable bonds is 3. The molecule has 6 heteroatoms. The van der Waals surface area contributed by atoms with Crippen LogP contribution in [0.3, 0.4) is 0 Å². The maximum absolute atomic E-state index is 13.2. The molecule has 4 nitrogen and oxygen atoms in total. The Morgan fingerprint density at radius 2 is 2.33 bits per heavy atom. The van der Waals surface area contributed by atoms with Crippen molar-refractivity contribution in [2.45, 2.75) is 12.6 Å². The zero-order valence-corrected chi connectivity index (χ0v) is 11.3. The molecule has 18 heavy (non-hydrogen) atoms. The summed E-state index contributed by atoms with van der Waals surface area (Å²) in [6.45, 7) is 2.19. The number of carbonyl (C=O) groups excluding carboxylic acids is 1. The van der Waals surface area contributed by atoms with Gasteiger partial charge in [-0.25, -0.2) is 4.39 Å². The Kier molecular flexibility index (Phi) is 4.31. The van der Waals surface area contributed by atoms with E-state index >= 15 is 0 Å². The smallest absolute Gasteiger partial charge is 0.247 e. The van der Waals surface area contributed by atoms with Gasteiger partial charge in [0, 0.05) is 24.1 Å². The van der Waals surface area contributed by atoms with Crippen LogP contribution in [0.4, 0.5) is 4.39 Å². The largest absolute Gasteiger partial charge is 0.367 e. The van der Waals surface area contributed by atoms with Crippen LogP contribution in [-0.2, 0) is 16.1 Å². The van der Waals surface area contributed by atoms with E-state index in [0.717, 1.165) is 5.56 Å². The molecule has 1 aliphatic heterocycles. The second-order valence-electron chi connectivity index (χ2n) is 4.27. The summed E-state index contributed by atoms with van der Waals surface area (Å²) in [5.74, 6) is -0.737. The molecule has 0 unspecified atom stereocenters.